The fourth-order valence-corrected chi connectivity index (χ4v) is 2.54. The second-order valence-corrected chi connectivity index (χ2v) is 5.44. The quantitative estimate of drug-likeness (QED) is 0.794. The van der Waals surface area contributed by atoms with Crippen molar-refractivity contribution in [2.24, 2.45) is 5.73 Å². The standard InChI is InChI=1S/C15H15FN4O4/c16-9-1-2-11-10(5-9)15(23)20(8-18-11)7-13(21)19-3-4-24-12(6-19)14(17)22/h1-2,5,8,12H,3-4,6-7H2,(H2,17,22)/t12-/m0/s1. The lowest BCUT2D eigenvalue weighted by atomic mass is 10.2. The monoisotopic (exact) mass is 334 g/mol. The van der Waals surface area contributed by atoms with Gasteiger partial charge in [-0.3, -0.25) is 19.0 Å². The molecule has 1 aliphatic rings. The minimum atomic E-state index is -0.858. The van der Waals surface area contributed by atoms with Crippen molar-refractivity contribution in [1.82, 2.24) is 14.5 Å². The number of hydrogen-bond donors (Lipinski definition) is 1. The average molecular weight is 334 g/mol. The number of benzene rings is 1. The van der Waals surface area contributed by atoms with Crippen molar-refractivity contribution >= 4 is 22.7 Å². The van der Waals surface area contributed by atoms with E-state index >= 15 is 0 Å². The first kappa shape index (κ1) is 16.1. The molecule has 1 saturated heterocycles. The van der Waals surface area contributed by atoms with Gasteiger partial charge in [0.15, 0.2) is 6.10 Å². The Morgan fingerprint density at radius 2 is 2.21 bits per heavy atom. The number of rotatable bonds is 3. The van der Waals surface area contributed by atoms with Crippen molar-refractivity contribution in [2.75, 3.05) is 19.7 Å². The Kier molecular flexibility index (Phi) is 4.26. The number of primary amides is 1. The van der Waals surface area contributed by atoms with Crippen molar-refractivity contribution in [1.29, 1.82) is 0 Å². The van der Waals surface area contributed by atoms with E-state index in [1.807, 2.05) is 0 Å². The molecule has 1 aromatic heterocycles. The van der Waals surface area contributed by atoms with E-state index in [1.165, 1.54) is 23.4 Å². The molecule has 0 radical (unpaired) electrons. The summed E-state index contributed by atoms with van der Waals surface area (Å²) < 4.78 is 19.6. The number of hydrogen-bond acceptors (Lipinski definition) is 5. The number of amides is 2. The third kappa shape index (κ3) is 3.11. The van der Waals surface area contributed by atoms with Crippen LogP contribution in [-0.2, 0) is 20.9 Å². The molecule has 2 aromatic rings. The molecule has 9 heteroatoms. The van der Waals surface area contributed by atoms with Gasteiger partial charge >= 0.3 is 0 Å². The SMILES string of the molecule is NC(=O)[C@@H]1CN(C(=O)Cn2cnc3ccc(F)cc3c2=O)CCO1. The van der Waals surface area contributed by atoms with Crippen LogP contribution in [0.3, 0.4) is 0 Å². The van der Waals surface area contributed by atoms with Crippen molar-refractivity contribution in [3.8, 4) is 0 Å². The lowest BCUT2D eigenvalue weighted by Crippen LogP contribution is -2.51. The topological polar surface area (TPSA) is 108 Å². The van der Waals surface area contributed by atoms with Crippen molar-refractivity contribution in [3.63, 3.8) is 0 Å². The smallest absolute Gasteiger partial charge is 0.261 e. The molecule has 2 heterocycles. The lowest BCUT2D eigenvalue weighted by Gasteiger charge is -2.31. The van der Waals surface area contributed by atoms with E-state index in [0.717, 1.165) is 10.6 Å². The maximum absolute atomic E-state index is 13.3. The fourth-order valence-electron chi connectivity index (χ4n) is 2.54. The van der Waals surface area contributed by atoms with Crippen LogP contribution in [0.25, 0.3) is 10.9 Å². The highest BCUT2D eigenvalue weighted by atomic mass is 19.1. The van der Waals surface area contributed by atoms with Crippen molar-refractivity contribution in [2.45, 2.75) is 12.6 Å². The zero-order chi connectivity index (χ0) is 17.3. The van der Waals surface area contributed by atoms with Crippen molar-refractivity contribution < 1.29 is 18.7 Å². The molecule has 0 bridgehead atoms. The number of aromatic nitrogens is 2. The van der Waals surface area contributed by atoms with Gasteiger partial charge in [-0.1, -0.05) is 0 Å². The van der Waals surface area contributed by atoms with E-state index in [-0.39, 0.29) is 31.0 Å². The summed E-state index contributed by atoms with van der Waals surface area (Å²) in [4.78, 5) is 41.3. The van der Waals surface area contributed by atoms with Crippen LogP contribution in [0.15, 0.2) is 29.3 Å². The van der Waals surface area contributed by atoms with Crippen LogP contribution in [0.1, 0.15) is 0 Å². The highest BCUT2D eigenvalue weighted by Crippen LogP contribution is 2.09. The third-order valence-corrected chi connectivity index (χ3v) is 3.83. The van der Waals surface area contributed by atoms with Gasteiger partial charge in [-0.25, -0.2) is 9.37 Å². The summed E-state index contributed by atoms with van der Waals surface area (Å²) in [5, 5.41) is 0.0993. The number of carbonyl (C=O) groups excluding carboxylic acids is 2. The lowest BCUT2D eigenvalue weighted by molar-refractivity contribution is -0.145. The molecule has 126 valence electrons. The van der Waals surface area contributed by atoms with Crippen LogP contribution in [-0.4, -0.2) is 52.1 Å². The number of carbonyl (C=O) groups is 2. The molecular formula is C15H15FN4O4. The van der Waals surface area contributed by atoms with Gasteiger partial charge in [0.05, 0.1) is 30.4 Å². The first-order valence-electron chi connectivity index (χ1n) is 7.29. The Morgan fingerprint density at radius 1 is 1.42 bits per heavy atom. The molecule has 2 amide bonds. The number of fused-ring (bicyclic) bond motifs is 1. The summed E-state index contributed by atoms with van der Waals surface area (Å²) in [6.07, 6.45) is 0.384. The Balaban J connectivity index is 1.82. The summed E-state index contributed by atoms with van der Waals surface area (Å²) >= 11 is 0. The maximum atomic E-state index is 13.3. The molecule has 1 atom stereocenters. The van der Waals surface area contributed by atoms with Crippen LogP contribution in [0.2, 0.25) is 0 Å². The predicted octanol–water partition coefficient (Wildman–Crippen LogP) is -0.752. The second kappa shape index (κ2) is 6.36. The molecule has 0 aliphatic carbocycles. The van der Waals surface area contributed by atoms with Gasteiger partial charge in [0.1, 0.15) is 12.4 Å². The van der Waals surface area contributed by atoms with E-state index in [2.05, 4.69) is 4.98 Å². The van der Waals surface area contributed by atoms with Crippen LogP contribution >= 0.6 is 0 Å². The molecular weight excluding hydrogens is 319 g/mol. The average Bonchev–Trinajstić information content (AvgIpc) is 2.58. The number of ether oxygens (including phenoxy) is 1. The summed E-state index contributed by atoms with van der Waals surface area (Å²) in [6.45, 7) is 0.269. The van der Waals surface area contributed by atoms with E-state index in [4.69, 9.17) is 10.5 Å². The molecule has 1 aliphatic heterocycles. The largest absolute Gasteiger partial charge is 0.367 e. The molecule has 0 saturated carbocycles. The first-order chi connectivity index (χ1) is 11.5. The predicted molar refractivity (Wildman–Crippen MR) is 81.5 cm³/mol. The molecule has 3 rings (SSSR count). The Labute approximate surface area is 135 Å². The van der Waals surface area contributed by atoms with Crippen molar-refractivity contribution in [3.05, 3.63) is 40.7 Å². The second-order valence-electron chi connectivity index (χ2n) is 5.44. The van der Waals surface area contributed by atoms with E-state index in [0.29, 0.717) is 12.1 Å². The van der Waals surface area contributed by atoms with Gasteiger partial charge in [-0.2, -0.15) is 0 Å². The summed E-state index contributed by atoms with van der Waals surface area (Å²) in [5.74, 6) is -1.57. The van der Waals surface area contributed by atoms with Gasteiger partial charge in [0.2, 0.25) is 11.8 Å². The third-order valence-electron chi connectivity index (χ3n) is 3.83. The number of nitrogens with two attached hydrogens (primary N) is 1. The minimum absolute atomic E-state index is 0.0402. The van der Waals surface area contributed by atoms with E-state index < -0.39 is 23.4 Å². The zero-order valence-electron chi connectivity index (χ0n) is 12.6. The van der Waals surface area contributed by atoms with Crippen LogP contribution < -0.4 is 11.3 Å². The van der Waals surface area contributed by atoms with Crippen LogP contribution in [0.4, 0.5) is 4.39 Å². The first-order valence-corrected chi connectivity index (χ1v) is 7.29. The Hall–Kier alpha value is -2.81. The molecule has 1 fully saturated rings. The number of halogens is 1. The Morgan fingerprint density at radius 3 is 2.96 bits per heavy atom. The summed E-state index contributed by atoms with van der Waals surface area (Å²) in [5.41, 5.74) is 5.03. The zero-order valence-corrected chi connectivity index (χ0v) is 12.6. The fraction of sp³-hybridized carbons (Fsp3) is 0.333. The highest BCUT2D eigenvalue weighted by molar-refractivity contribution is 5.82. The molecule has 24 heavy (non-hydrogen) atoms. The van der Waals surface area contributed by atoms with E-state index in [1.54, 1.807) is 0 Å². The van der Waals surface area contributed by atoms with Gasteiger partial charge in [0.25, 0.3) is 5.56 Å². The van der Waals surface area contributed by atoms with Gasteiger partial charge in [-0.05, 0) is 18.2 Å². The number of morpholine rings is 1. The van der Waals surface area contributed by atoms with Crippen LogP contribution in [0, 0.1) is 5.82 Å². The Bertz CT molecular complexity index is 866. The minimum Gasteiger partial charge on any atom is -0.367 e. The highest BCUT2D eigenvalue weighted by Gasteiger charge is 2.27. The summed E-state index contributed by atoms with van der Waals surface area (Å²) in [6, 6.07) is 3.70. The summed E-state index contributed by atoms with van der Waals surface area (Å²) in [7, 11) is 0. The molecule has 8 nitrogen and oxygen atoms in total. The normalized spacial score (nSPS) is 17.9. The molecule has 2 N–H and O–H groups in total. The maximum Gasteiger partial charge on any atom is 0.261 e. The molecule has 1 aromatic carbocycles. The van der Waals surface area contributed by atoms with E-state index in [9.17, 15) is 18.8 Å². The van der Waals surface area contributed by atoms with Gasteiger partial charge in [-0.15, -0.1) is 0 Å². The van der Waals surface area contributed by atoms with Gasteiger partial charge < -0.3 is 15.4 Å². The number of nitrogens with zero attached hydrogens (tertiary/aromatic N) is 3. The van der Waals surface area contributed by atoms with Gasteiger partial charge in [0, 0.05) is 6.54 Å². The molecule has 0 spiro atoms. The van der Waals surface area contributed by atoms with Crippen LogP contribution in [0.5, 0.6) is 0 Å². The molecule has 0 unspecified atom stereocenters.